The number of morpholine rings is 1. The summed E-state index contributed by atoms with van der Waals surface area (Å²) in [6, 6.07) is 9.98. The molecular formula is C21H26N4O2. The minimum atomic E-state index is 0.163. The lowest BCUT2D eigenvalue weighted by Gasteiger charge is -2.26. The lowest BCUT2D eigenvalue weighted by molar-refractivity contribution is -0.134. The number of benzene rings is 1. The standard InChI is InChI=1S/C21H26N4O2/c1-15-13-19(24-21(22-15)17-3-2-4-17)23-18-7-5-16(6-8-18)14-20(26)25-9-11-27-12-10-25/h5-8,13,17H,2-4,9-12,14H2,1H3,(H,22,23,24). The van der Waals surface area contributed by atoms with Gasteiger partial charge >= 0.3 is 0 Å². The van der Waals surface area contributed by atoms with Gasteiger partial charge in [-0.1, -0.05) is 18.6 Å². The summed E-state index contributed by atoms with van der Waals surface area (Å²) in [7, 11) is 0. The fourth-order valence-corrected chi connectivity index (χ4v) is 3.46. The van der Waals surface area contributed by atoms with Crippen LogP contribution < -0.4 is 5.32 Å². The Morgan fingerprint density at radius 1 is 1.19 bits per heavy atom. The number of amides is 1. The van der Waals surface area contributed by atoms with Gasteiger partial charge in [-0.05, 0) is 37.5 Å². The van der Waals surface area contributed by atoms with Gasteiger partial charge in [0, 0.05) is 36.5 Å². The first kappa shape index (κ1) is 17.9. The average molecular weight is 366 g/mol. The highest BCUT2D eigenvalue weighted by Crippen LogP contribution is 2.35. The van der Waals surface area contributed by atoms with Crippen molar-refractivity contribution in [1.29, 1.82) is 0 Å². The Balaban J connectivity index is 1.39. The number of aromatic nitrogens is 2. The summed E-state index contributed by atoms with van der Waals surface area (Å²) in [5.74, 6) is 2.47. The first-order valence-corrected chi connectivity index (χ1v) is 9.74. The van der Waals surface area contributed by atoms with Gasteiger partial charge in [-0.3, -0.25) is 4.79 Å². The van der Waals surface area contributed by atoms with Crippen molar-refractivity contribution in [2.24, 2.45) is 0 Å². The molecule has 6 nitrogen and oxygen atoms in total. The molecule has 2 heterocycles. The van der Waals surface area contributed by atoms with E-state index in [1.807, 2.05) is 42.2 Å². The number of hydrogen-bond donors (Lipinski definition) is 1. The highest BCUT2D eigenvalue weighted by Gasteiger charge is 2.23. The van der Waals surface area contributed by atoms with Crippen LogP contribution in [0.5, 0.6) is 0 Å². The van der Waals surface area contributed by atoms with Gasteiger partial charge in [0.2, 0.25) is 5.91 Å². The highest BCUT2D eigenvalue weighted by molar-refractivity contribution is 5.79. The number of hydrogen-bond acceptors (Lipinski definition) is 5. The summed E-state index contributed by atoms with van der Waals surface area (Å²) in [5.41, 5.74) is 2.98. The van der Waals surface area contributed by atoms with E-state index in [2.05, 4.69) is 15.3 Å². The van der Waals surface area contributed by atoms with Gasteiger partial charge in [-0.15, -0.1) is 0 Å². The van der Waals surface area contributed by atoms with Gasteiger partial charge in [0.15, 0.2) is 0 Å². The molecule has 1 N–H and O–H groups in total. The number of carbonyl (C=O) groups is 1. The minimum absolute atomic E-state index is 0.163. The lowest BCUT2D eigenvalue weighted by Crippen LogP contribution is -2.41. The third kappa shape index (κ3) is 4.45. The topological polar surface area (TPSA) is 67.4 Å². The number of ether oxygens (including phenoxy) is 1. The van der Waals surface area contributed by atoms with Crippen molar-refractivity contribution in [3.05, 3.63) is 47.4 Å². The van der Waals surface area contributed by atoms with Gasteiger partial charge in [0.25, 0.3) is 0 Å². The van der Waals surface area contributed by atoms with Crippen molar-refractivity contribution in [3.8, 4) is 0 Å². The predicted molar refractivity (Wildman–Crippen MR) is 104 cm³/mol. The van der Waals surface area contributed by atoms with Crippen molar-refractivity contribution in [2.45, 2.75) is 38.5 Å². The molecule has 6 heteroatoms. The average Bonchev–Trinajstić information content (AvgIpc) is 2.62. The summed E-state index contributed by atoms with van der Waals surface area (Å²) in [6.45, 7) is 4.66. The van der Waals surface area contributed by atoms with Crippen LogP contribution in [0, 0.1) is 6.92 Å². The molecule has 2 aliphatic rings. The van der Waals surface area contributed by atoms with Crippen molar-refractivity contribution in [3.63, 3.8) is 0 Å². The van der Waals surface area contributed by atoms with Gasteiger partial charge in [0.05, 0.1) is 19.6 Å². The van der Waals surface area contributed by atoms with Crippen LogP contribution in [0.1, 0.15) is 42.3 Å². The number of nitrogens with one attached hydrogen (secondary N) is 1. The van der Waals surface area contributed by atoms with Gasteiger partial charge in [-0.25, -0.2) is 9.97 Å². The zero-order valence-corrected chi connectivity index (χ0v) is 15.8. The minimum Gasteiger partial charge on any atom is -0.378 e. The maximum absolute atomic E-state index is 12.4. The van der Waals surface area contributed by atoms with E-state index in [0.29, 0.717) is 38.6 Å². The van der Waals surface area contributed by atoms with E-state index < -0.39 is 0 Å². The van der Waals surface area contributed by atoms with Crippen molar-refractivity contribution in [2.75, 3.05) is 31.6 Å². The first-order valence-electron chi connectivity index (χ1n) is 9.74. The molecular weight excluding hydrogens is 340 g/mol. The molecule has 1 aromatic carbocycles. The Morgan fingerprint density at radius 3 is 2.59 bits per heavy atom. The summed E-state index contributed by atoms with van der Waals surface area (Å²) in [6.07, 6.45) is 4.08. The Kier molecular flexibility index (Phi) is 5.34. The zero-order valence-electron chi connectivity index (χ0n) is 15.8. The maximum Gasteiger partial charge on any atom is 0.227 e. The van der Waals surface area contributed by atoms with Gasteiger partial charge in [0.1, 0.15) is 11.6 Å². The highest BCUT2D eigenvalue weighted by atomic mass is 16.5. The molecule has 0 atom stereocenters. The summed E-state index contributed by atoms with van der Waals surface area (Å²) < 4.78 is 5.30. The number of aryl methyl sites for hydroxylation is 1. The second-order valence-corrected chi connectivity index (χ2v) is 7.37. The van der Waals surface area contributed by atoms with E-state index in [0.717, 1.165) is 28.6 Å². The van der Waals surface area contributed by atoms with Crippen LogP contribution in [0.15, 0.2) is 30.3 Å². The van der Waals surface area contributed by atoms with Crippen LogP contribution in [0.2, 0.25) is 0 Å². The van der Waals surface area contributed by atoms with E-state index in [-0.39, 0.29) is 5.91 Å². The molecule has 4 rings (SSSR count). The van der Waals surface area contributed by atoms with Gasteiger partial charge < -0.3 is 15.0 Å². The lowest BCUT2D eigenvalue weighted by atomic mass is 9.85. The largest absolute Gasteiger partial charge is 0.378 e. The molecule has 1 saturated carbocycles. The van der Waals surface area contributed by atoms with Crippen LogP contribution in [0.4, 0.5) is 11.5 Å². The molecule has 1 amide bonds. The van der Waals surface area contributed by atoms with E-state index in [1.165, 1.54) is 19.3 Å². The molecule has 1 aromatic heterocycles. The fourth-order valence-electron chi connectivity index (χ4n) is 3.46. The summed E-state index contributed by atoms with van der Waals surface area (Å²) >= 11 is 0. The molecule has 0 bridgehead atoms. The van der Waals surface area contributed by atoms with Crippen LogP contribution in [0.3, 0.4) is 0 Å². The second-order valence-electron chi connectivity index (χ2n) is 7.37. The van der Waals surface area contributed by atoms with Crippen molar-refractivity contribution < 1.29 is 9.53 Å². The molecule has 0 radical (unpaired) electrons. The molecule has 1 aliphatic carbocycles. The molecule has 1 aliphatic heterocycles. The Labute approximate surface area is 160 Å². The van der Waals surface area contributed by atoms with Crippen LogP contribution >= 0.6 is 0 Å². The monoisotopic (exact) mass is 366 g/mol. The van der Waals surface area contributed by atoms with Gasteiger partial charge in [-0.2, -0.15) is 0 Å². The summed E-state index contributed by atoms with van der Waals surface area (Å²) in [5, 5.41) is 3.37. The maximum atomic E-state index is 12.4. The molecule has 142 valence electrons. The van der Waals surface area contributed by atoms with Crippen LogP contribution in [-0.4, -0.2) is 47.1 Å². The molecule has 0 unspecified atom stereocenters. The predicted octanol–water partition coefficient (Wildman–Crippen LogP) is 3.20. The van der Waals surface area contributed by atoms with E-state index >= 15 is 0 Å². The molecule has 2 aromatic rings. The van der Waals surface area contributed by atoms with E-state index in [9.17, 15) is 4.79 Å². The first-order chi connectivity index (χ1) is 13.2. The third-order valence-corrected chi connectivity index (χ3v) is 5.29. The van der Waals surface area contributed by atoms with E-state index in [1.54, 1.807) is 0 Å². The van der Waals surface area contributed by atoms with E-state index in [4.69, 9.17) is 4.74 Å². The number of carbonyl (C=O) groups excluding carboxylic acids is 1. The zero-order chi connectivity index (χ0) is 18.6. The Bertz CT molecular complexity index is 796. The number of nitrogens with zero attached hydrogens (tertiary/aromatic N) is 3. The normalized spacial score (nSPS) is 17.4. The SMILES string of the molecule is Cc1cc(Nc2ccc(CC(=O)N3CCOCC3)cc2)nc(C2CCC2)n1. The molecule has 27 heavy (non-hydrogen) atoms. The number of rotatable bonds is 5. The second kappa shape index (κ2) is 8.05. The summed E-state index contributed by atoms with van der Waals surface area (Å²) in [4.78, 5) is 23.5. The Hall–Kier alpha value is -2.47. The smallest absolute Gasteiger partial charge is 0.227 e. The molecule has 1 saturated heterocycles. The quantitative estimate of drug-likeness (QED) is 0.880. The third-order valence-electron chi connectivity index (χ3n) is 5.29. The van der Waals surface area contributed by atoms with Crippen LogP contribution in [-0.2, 0) is 16.0 Å². The van der Waals surface area contributed by atoms with Crippen molar-refractivity contribution >= 4 is 17.4 Å². The fraction of sp³-hybridized carbons (Fsp3) is 0.476. The van der Waals surface area contributed by atoms with Crippen molar-refractivity contribution in [1.82, 2.24) is 14.9 Å². The Morgan fingerprint density at radius 2 is 1.93 bits per heavy atom. The molecule has 0 spiro atoms. The van der Waals surface area contributed by atoms with Crippen LogP contribution in [0.25, 0.3) is 0 Å². The number of anilines is 2. The molecule has 2 fully saturated rings.